The summed E-state index contributed by atoms with van der Waals surface area (Å²) in [4.78, 5) is 10.8. The zero-order valence-electron chi connectivity index (χ0n) is 7.49. The SMILES string of the molecule is C#Cc1ccccc1C1COC(=O)N1. The molecular weight excluding hydrogens is 178 g/mol. The molecule has 3 heteroatoms. The summed E-state index contributed by atoms with van der Waals surface area (Å²) in [5.74, 6) is 2.58. The van der Waals surface area contributed by atoms with Crippen molar-refractivity contribution in [2.45, 2.75) is 6.04 Å². The molecule has 1 aliphatic heterocycles. The van der Waals surface area contributed by atoms with Crippen LogP contribution in [-0.4, -0.2) is 12.7 Å². The Labute approximate surface area is 82.1 Å². The number of terminal acetylenes is 1. The first-order valence-corrected chi connectivity index (χ1v) is 4.30. The van der Waals surface area contributed by atoms with Gasteiger partial charge in [-0.15, -0.1) is 6.42 Å². The van der Waals surface area contributed by atoms with Gasteiger partial charge in [-0.3, -0.25) is 0 Å². The molecule has 1 saturated heterocycles. The van der Waals surface area contributed by atoms with Gasteiger partial charge < -0.3 is 10.1 Å². The summed E-state index contributed by atoms with van der Waals surface area (Å²) in [7, 11) is 0. The molecule has 0 aliphatic carbocycles. The normalized spacial score (nSPS) is 19.6. The molecule has 2 rings (SSSR count). The molecule has 1 aromatic carbocycles. The summed E-state index contributed by atoms with van der Waals surface area (Å²) in [5, 5.41) is 2.69. The summed E-state index contributed by atoms with van der Waals surface area (Å²) in [6.07, 6.45) is 4.96. The maximum atomic E-state index is 10.8. The van der Waals surface area contributed by atoms with E-state index < -0.39 is 0 Å². The van der Waals surface area contributed by atoms with Gasteiger partial charge in [0.1, 0.15) is 6.61 Å². The lowest BCUT2D eigenvalue weighted by Crippen LogP contribution is -2.19. The Balaban J connectivity index is 2.33. The summed E-state index contributed by atoms with van der Waals surface area (Å²) >= 11 is 0. The number of benzene rings is 1. The molecule has 0 saturated carbocycles. The van der Waals surface area contributed by atoms with E-state index in [1.807, 2.05) is 24.3 Å². The molecule has 1 atom stereocenters. The summed E-state index contributed by atoms with van der Waals surface area (Å²) < 4.78 is 4.80. The van der Waals surface area contributed by atoms with Gasteiger partial charge >= 0.3 is 6.09 Å². The second-order valence-corrected chi connectivity index (χ2v) is 3.03. The number of hydrogen-bond acceptors (Lipinski definition) is 2. The smallest absolute Gasteiger partial charge is 0.407 e. The Morgan fingerprint density at radius 1 is 1.50 bits per heavy atom. The number of hydrogen-bond donors (Lipinski definition) is 1. The fourth-order valence-corrected chi connectivity index (χ4v) is 1.48. The predicted molar refractivity (Wildman–Crippen MR) is 51.6 cm³/mol. The molecule has 1 aliphatic rings. The van der Waals surface area contributed by atoms with Crippen molar-refractivity contribution in [3.63, 3.8) is 0 Å². The van der Waals surface area contributed by atoms with Crippen molar-refractivity contribution in [1.82, 2.24) is 5.32 Å². The first kappa shape index (κ1) is 8.64. The summed E-state index contributed by atoms with van der Waals surface area (Å²) in [6, 6.07) is 7.39. The van der Waals surface area contributed by atoms with E-state index in [1.165, 1.54) is 0 Å². The van der Waals surface area contributed by atoms with Crippen LogP contribution in [0.2, 0.25) is 0 Å². The van der Waals surface area contributed by atoms with E-state index in [9.17, 15) is 4.79 Å². The number of rotatable bonds is 1. The molecule has 0 bridgehead atoms. The zero-order chi connectivity index (χ0) is 9.97. The highest BCUT2D eigenvalue weighted by atomic mass is 16.6. The van der Waals surface area contributed by atoms with Crippen LogP contribution in [-0.2, 0) is 4.74 Å². The van der Waals surface area contributed by atoms with Crippen molar-refractivity contribution >= 4 is 6.09 Å². The molecule has 1 amide bonds. The molecule has 1 N–H and O–H groups in total. The van der Waals surface area contributed by atoms with Gasteiger partial charge in [0.2, 0.25) is 0 Å². The fraction of sp³-hybridized carbons (Fsp3) is 0.182. The van der Waals surface area contributed by atoms with E-state index >= 15 is 0 Å². The van der Waals surface area contributed by atoms with Crippen LogP contribution in [0.5, 0.6) is 0 Å². The van der Waals surface area contributed by atoms with Gasteiger partial charge in [0.15, 0.2) is 0 Å². The van der Waals surface area contributed by atoms with E-state index in [0.717, 1.165) is 11.1 Å². The number of amides is 1. The van der Waals surface area contributed by atoms with E-state index in [1.54, 1.807) is 0 Å². The highest BCUT2D eigenvalue weighted by molar-refractivity contribution is 5.70. The van der Waals surface area contributed by atoms with Crippen molar-refractivity contribution in [2.24, 2.45) is 0 Å². The summed E-state index contributed by atoms with van der Waals surface area (Å²) in [6.45, 7) is 0.345. The number of carbonyl (C=O) groups excluding carboxylic acids is 1. The van der Waals surface area contributed by atoms with Crippen molar-refractivity contribution in [3.05, 3.63) is 35.4 Å². The van der Waals surface area contributed by atoms with Crippen LogP contribution in [0.1, 0.15) is 17.2 Å². The molecular formula is C11H9NO2. The van der Waals surface area contributed by atoms with Crippen LogP contribution < -0.4 is 5.32 Å². The maximum absolute atomic E-state index is 10.8. The van der Waals surface area contributed by atoms with Crippen LogP contribution in [0.25, 0.3) is 0 Å². The minimum absolute atomic E-state index is 0.116. The predicted octanol–water partition coefficient (Wildman–Crippen LogP) is 1.45. The van der Waals surface area contributed by atoms with E-state index in [4.69, 9.17) is 11.2 Å². The largest absolute Gasteiger partial charge is 0.447 e. The lowest BCUT2D eigenvalue weighted by atomic mass is 10.0. The number of ether oxygens (including phenoxy) is 1. The van der Waals surface area contributed by atoms with Crippen molar-refractivity contribution in [3.8, 4) is 12.3 Å². The van der Waals surface area contributed by atoms with Gasteiger partial charge in [-0.25, -0.2) is 4.79 Å². The molecule has 0 aromatic heterocycles. The zero-order valence-corrected chi connectivity index (χ0v) is 7.49. The molecule has 1 heterocycles. The molecule has 3 nitrogen and oxygen atoms in total. The summed E-state index contributed by atoms with van der Waals surface area (Å²) in [5.41, 5.74) is 1.73. The topological polar surface area (TPSA) is 38.3 Å². The van der Waals surface area contributed by atoms with Crippen LogP contribution in [0.15, 0.2) is 24.3 Å². The fourth-order valence-electron chi connectivity index (χ4n) is 1.48. The average molecular weight is 187 g/mol. The van der Waals surface area contributed by atoms with Gasteiger partial charge in [0.25, 0.3) is 0 Å². The van der Waals surface area contributed by atoms with Crippen LogP contribution in [0, 0.1) is 12.3 Å². The van der Waals surface area contributed by atoms with Crippen molar-refractivity contribution in [2.75, 3.05) is 6.61 Å². The van der Waals surface area contributed by atoms with Crippen LogP contribution in [0.3, 0.4) is 0 Å². The third-order valence-corrected chi connectivity index (χ3v) is 2.16. The molecule has 1 unspecified atom stereocenters. The number of nitrogens with one attached hydrogen (secondary N) is 1. The van der Waals surface area contributed by atoms with E-state index in [2.05, 4.69) is 11.2 Å². The quantitative estimate of drug-likeness (QED) is 0.676. The third-order valence-electron chi connectivity index (χ3n) is 2.16. The Bertz CT molecular complexity index is 406. The number of alkyl carbamates (subject to hydrolysis) is 1. The van der Waals surface area contributed by atoms with Crippen LogP contribution in [0.4, 0.5) is 4.79 Å². The average Bonchev–Trinajstić information content (AvgIpc) is 2.65. The van der Waals surface area contributed by atoms with E-state index in [-0.39, 0.29) is 12.1 Å². The van der Waals surface area contributed by atoms with Gasteiger partial charge in [-0.1, -0.05) is 24.1 Å². The Morgan fingerprint density at radius 2 is 2.29 bits per heavy atom. The second kappa shape index (κ2) is 3.43. The number of carbonyl (C=O) groups is 1. The lowest BCUT2D eigenvalue weighted by molar-refractivity contribution is 0.177. The van der Waals surface area contributed by atoms with Gasteiger partial charge in [-0.2, -0.15) is 0 Å². The highest BCUT2D eigenvalue weighted by Crippen LogP contribution is 2.21. The number of cyclic esters (lactones) is 1. The van der Waals surface area contributed by atoms with Gasteiger partial charge in [0.05, 0.1) is 6.04 Å². The van der Waals surface area contributed by atoms with Gasteiger partial charge in [-0.05, 0) is 11.6 Å². The minimum atomic E-state index is -0.387. The molecule has 0 spiro atoms. The molecule has 1 aromatic rings. The maximum Gasteiger partial charge on any atom is 0.407 e. The van der Waals surface area contributed by atoms with Crippen molar-refractivity contribution in [1.29, 1.82) is 0 Å². The monoisotopic (exact) mass is 187 g/mol. The van der Waals surface area contributed by atoms with Gasteiger partial charge in [0, 0.05) is 5.56 Å². The molecule has 1 fully saturated rings. The Kier molecular flexibility index (Phi) is 2.11. The standard InChI is InChI=1S/C11H9NO2/c1-2-8-5-3-4-6-9(8)10-7-14-11(13)12-10/h1,3-6,10H,7H2,(H,12,13). The molecule has 70 valence electrons. The Morgan fingerprint density at radius 3 is 2.93 bits per heavy atom. The Hall–Kier alpha value is -1.95. The minimum Gasteiger partial charge on any atom is -0.447 e. The molecule has 0 radical (unpaired) electrons. The van der Waals surface area contributed by atoms with Crippen molar-refractivity contribution < 1.29 is 9.53 Å². The highest BCUT2D eigenvalue weighted by Gasteiger charge is 2.24. The molecule has 14 heavy (non-hydrogen) atoms. The second-order valence-electron chi connectivity index (χ2n) is 3.03. The first-order valence-electron chi connectivity index (χ1n) is 4.30. The first-order chi connectivity index (χ1) is 6.81. The third kappa shape index (κ3) is 1.42. The van der Waals surface area contributed by atoms with Crippen LogP contribution >= 0.6 is 0 Å². The van der Waals surface area contributed by atoms with E-state index in [0.29, 0.717) is 6.61 Å². The lowest BCUT2D eigenvalue weighted by Gasteiger charge is -2.09.